The Morgan fingerprint density at radius 2 is 1.82 bits per heavy atom. The molecule has 0 bridgehead atoms. The normalized spacial score (nSPS) is 10.5. The van der Waals surface area contributed by atoms with Gasteiger partial charge in [-0.05, 0) is 42.8 Å². The van der Waals surface area contributed by atoms with Gasteiger partial charge in [0.2, 0.25) is 0 Å². The second kappa shape index (κ2) is 5.11. The van der Waals surface area contributed by atoms with Gasteiger partial charge in [0.15, 0.2) is 0 Å². The van der Waals surface area contributed by atoms with Gasteiger partial charge in [0.05, 0.1) is 0 Å². The second-order valence-corrected chi connectivity index (χ2v) is 4.16. The van der Waals surface area contributed by atoms with E-state index in [1.54, 1.807) is 0 Å². The summed E-state index contributed by atoms with van der Waals surface area (Å²) in [6.07, 6.45) is 0. The maximum Gasteiger partial charge on any atom is 0.131 e. The summed E-state index contributed by atoms with van der Waals surface area (Å²) in [6, 6.07) is 13.1. The summed E-state index contributed by atoms with van der Waals surface area (Å²) in [7, 11) is 1.89. The van der Waals surface area contributed by atoms with Crippen molar-refractivity contribution in [2.24, 2.45) is 0 Å². The Morgan fingerprint density at radius 3 is 2.53 bits per heavy atom. The Kier molecular flexibility index (Phi) is 3.55. The first-order valence-corrected chi connectivity index (χ1v) is 5.71. The van der Waals surface area contributed by atoms with Crippen LogP contribution in [-0.4, -0.2) is 7.05 Å². The van der Waals surface area contributed by atoms with Gasteiger partial charge in [-0.1, -0.05) is 30.3 Å². The highest BCUT2D eigenvalue weighted by atomic mass is 19.1. The van der Waals surface area contributed by atoms with Gasteiger partial charge in [-0.15, -0.1) is 0 Å². The van der Waals surface area contributed by atoms with E-state index >= 15 is 0 Å². The molecular weight excluding hydrogens is 213 g/mol. The van der Waals surface area contributed by atoms with Crippen molar-refractivity contribution in [1.29, 1.82) is 0 Å². The monoisotopic (exact) mass is 229 g/mol. The molecule has 0 spiro atoms. The predicted molar refractivity (Wildman–Crippen MR) is 69.3 cm³/mol. The van der Waals surface area contributed by atoms with Crippen LogP contribution in [0.25, 0.3) is 11.1 Å². The Balaban J connectivity index is 2.51. The highest BCUT2D eigenvalue weighted by Crippen LogP contribution is 2.26. The molecule has 0 saturated carbocycles. The summed E-state index contributed by atoms with van der Waals surface area (Å²) in [6.45, 7) is 2.75. The van der Waals surface area contributed by atoms with Crippen LogP contribution in [0.2, 0.25) is 0 Å². The van der Waals surface area contributed by atoms with E-state index in [0.717, 1.165) is 23.2 Å². The van der Waals surface area contributed by atoms with Crippen LogP contribution < -0.4 is 5.32 Å². The number of rotatable bonds is 3. The Labute approximate surface area is 101 Å². The third-order valence-corrected chi connectivity index (χ3v) is 2.85. The van der Waals surface area contributed by atoms with E-state index in [2.05, 4.69) is 5.32 Å². The van der Waals surface area contributed by atoms with Crippen LogP contribution in [0.15, 0.2) is 42.5 Å². The molecule has 88 valence electrons. The molecule has 1 nitrogen and oxygen atoms in total. The molecule has 2 heteroatoms. The van der Waals surface area contributed by atoms with Gasteiger partial charge in [-0.25, -0.2) is 4.39 Å². The fourth-order valence-electron chi connectivity index (χ4n) is 1.97. The van der Waals surface area contributed by atoms with Crippen LogP contribution in [-0.2, 0) is 6.54 Å². The zero-order chi connectivity index (χ0) is 12.3. The smallest absolute Gasteiger partial charge is 0.131 e. The van der Waals surface area contributed by atoms with Gasteiger partial charge in [-0.3, -0.25) is 0 Å². The van der Waals surface area contributed by atoms with Crippen LogP contribution in [0.3, 0.4) is 0 Å². The molecule has 0 radical (unpaired) electrons. The van der Waals surface area contributed by atoms with Gasteiger partial charge in [0.25, 0.3) is 0 Å². The van der Waals surface area contributed by atoms with Crippen LogP contribution in [0.5, 0.6) is 0 Å². The molecule has 0 amide bonds. The lowest BCUT2D eigenvalue weighted by Crippen LogP contribution is -2.05. The average Bonchev–Trinajstić information content (AvgIpc) is 2.33. The average molecular weight is 229 g/mol. The van der Waals surface area contributed by atoms with E-state index in [4.69, 9.17) is 0 Å². The highest BCUT2D eigenvalue weighted by Gasteiger charge is 2.07. The van der Waals surface area contributed by atoms with E-state index in [1.807, 2.05) is 50.4 Å². The number of hydrogen-bond donors (Lipinski definition) is 1. The zero-order valence-electron chi connectivity index (χ0n) is 10.1. The highest BCUT2D eigenvalue weighted by molar-refractivity contribution is 5.68. The number of hydrogen-bond acceptors (Lipinski definition) is 1. The minimum absolute atomic E-state index is 0.167. The number of aryl methyl sites for hydroxylation is 1. The van der Waals surface area contributed by atoms with Gasteiger partial charge in [0, 0.05) is 12.1 Å². The van der Waals surface area contributed by atoms with Crippen molar-refractivity contribution >= 4 is 0 Å². The third kappa shape index (κ3) is 2.53. The molecule has 1 N–H and O–H groups in total. The molecule has 0 atom stereocenters. The third-order valence-electron chi connectivity index (χ3n) is 2.85. The summed E-state index contributed by atoms with van der Waals surface area (Å²) in [5, 5.41) is 3.07. The van der Waals surface area contributed by atoms with Crippen LogP contribution in [0.1, 0.15) is 11.1 Å². The number of halogens is 1. The van der Waals surface area contributed by atoms with Crippen LogP contribution in [0.4, 0.5) is 4.39 Å². The number of benzene rings is 2. The first-order chi connectivity index (χ1) is 8.22. The van der Waals surface area contributed by atoms with E-state index in [9.17, 15) is 4.39 Å². The Hall–Kier alpha value is -1.67. The lowest BCUT2D eigenvalue weighted by Gasteiger charge is -2.09. The molecule has 0 heterocycles. The molecule has 0 fully saturated rings. The van der Waals surface area contributed by atoms with Crippen molar-refractivity contribution in [3.63, 3.8) is 0 Å². The first kappa shape index (κ1) is 11.8. The van der Waals surface area contributed by atoms with E-state index < -0.39 is 0 Å². The molecule has 17 heavy (non-hydrogen) atoms. The molecule has 2 rings (SSSR count). The van der Waals surface area contributed by atoms with Crippen molar-refractivity contribution in [1.82, 2.24) is 5.32 Å². The molecule has 2 aromatic rings. The largest absolute Gasteiger partial charge is 0.316 e. The molecule has 0 aliphatic carbocycles. The van der Waals surface area contributed by atoms with Crippen molar-refractivity contribution in [3.8, 4) is 11.1 Å². The quantitative estimate of drug-likeness (QED) is 0.849. The molecule has 2 aromatic carbocycles. The summed E-state index contributed by atoms with van der Waals surface area (Å²) in [5.74, 6) is -0.167. The predicted octanol–water partition coefficient (Wildman–Crippen LogP) is 3.52. The first-order valence-electron chi connectivity index (χ1n) is 5.71. The van der Waals surface area contributed by atoms with Crippen LogP contribution in [0, 0.1) is 12.7 Å². The lowest BCUT2D eigenvalue weighted by atomic mass is 9.98. The van der Waals surface area contributed by atoms with Gasteiger partial charge in [-0.2, -0.15) is 0 Å². The molecule has 0 unspecified atom stereocenters. The lowest BCUT2D eigenvalue weighted by molar-refractivity contribution is 0.630. The van der Waals surface area contributed by atoms with Crippen molar-refractivity contribution in [3.05, 3.63) is 59.4 Å². The maximum absolute atomic E-state index is 13.9. The number of nitrogens with one attached hydrogen (secondary N) is 1. The summed E-state index contributed by atoms with van der Waals surface area (Å²) < 4.78 is 13.9. The SMILES string of the molecule is CNCc1ccc(F)c(-c2ccccc2C)c1. The minimum atomic E-state index is -0.167. The maximum atomic E-state index is 13.9. The van der Waals surface area contributed by atoms with E-state index in [1.165, 1.54) is 6.07 Å². The molecular formula is C15H16FN. The summed E-state index contributed by atoms with van der Waals surface area (Å²) >= 11 is 0. The zero-order valence-corrected chi connectivity index (χ0v) is 10.1. The van der Waals surface area contributed by atoms with Gasteiger partial charge >= 0.3 is 0 Å². The van der Waals surface area contributed by atoms with Crippen molar-refractivity contribution in [2.45, 2.75) is 13.5 Å². The van der Waals surface area contributed by atoms with E-state index in [0.29, 0.717) is 5.56 Å². The Bertz CT molecular complexity index is 520. The fourth-order valence-corrected chi connectivity index (χ4v) is 1.97. The van der Waals surface area contributed by atoms with Gasteiger partial charge < -0.3 is 5.32 Å². The van der Waals surface area contributed by atoms with E-state index in [-0.39, 0.29) is 5.82 Å². The topological polar surface area (TPSA) is 12.0 Å². The standard InChI is InChI=1S/C15H16FN/c1-11-5-3-4-6-13(11)14-9-12(10-17-2)7-8-15(14)16/h3-9,17H,10H2,1-2H3. The molecule has 0 aliphatic heterocycles. The molecule has 0 aliphatic rings. The van der Waals surface area contributed by atoms with Crippen LogP contribution >= 0.6 is 0 Å². The Morgan fingerprint density at radius 1 is 1.06 bits per heavy atom. The second-order valence-electron chi connectivity index (χ2n) is 4.16. The van der Waals surface area contributed by atoms with Gasteiger partial charge in [0.1, 0.15) is 5.82 Å². The summed E-state index contributed by atoms with van der Waals surface area (Å²) in [5.41, 5.74) is 3.82. The molecule has 0 saturated heterocycles. The minimum Gasteiger partial charge on any atom is -0.316 e. The van der Waals surface area contributed by atoms with Crippen molar-refractivity contribution < 1.29 is 4.39 Å². The molecule has 0 aromatic heterocycles. The fraction of sp³-hybridized carbons (Fsp3) is 0.200. The summed E-state index contributed by atoms with van der Waals surface area (Å²) in [4.78, 5) is 0. The van der Waals surface area contributed by atoms with Crippen molar-refractivity contribution in [2.75, 3.05) is 7.05 Å².